The fraction of sp³-hybridized carbons (Fsp3) is 0.222. The molecule has 2 aliphatic heterocycles. The van der Waals surface area contributed by atoms with Gasteiger partial charge in [0.1, 0.15) is 6.67 Å². The number of halogens is 1. The molecule has 2 aliphatic rings. The molecule has 25 heavy (non-hydrogen) atoms. The Kier molecular flexibility index (Phi) is 3.39. The minimum Gasteiger partial charge on any atom is -0.343 e. The van der Waals surface area contributed by atoms with E-state index in [1.807, 2.05) is 36.4 Å². The van der Waals surface area contributed by atoms with E-state index < -0.39 is 0 Å². The van der Waals surface area contributed by atoms with E-state index in [9.17, 15) is 0 Å². The number of nitrogens with one attached hydrogen (secondary N) is 1. The van der Waals surface area contributed by atoms with Crippen LogP contribution < -0.4 is 10.2 Å². The lowest BCUT2D eigenvalue weighted by Gasteiger charge is -2.39. The zero-order chi connectivity index (χ0) is 16.8. The molecule has 1 saturated heterocycles. The first kappa shape index (κ1) is 14.7. The van der Waals surface area contributed by atoms with Crippen LogP contribution in [0.15, 0.2) is 53.5 Å². The molecule has 6 nitrogen and oxygen atoms in total. The molecular formula is C18H17ClN6. The fourth-order valence-corrected chi connectivity index (χ4v) is 3.61. The standard InChI is InChI=1S/C18H17ClN6/c19-14-6-2-1-5-13(14)9-23-10-20-17-21-11-24-16-8-4-3-7-15(16)22-18(24)25(17)12-23/h1-8H,9-12H2,(H,20,21). The average molecular weight is 353 g/mol. The Morgan fingerprint density at radius 3 is 2.84 bits per heavy atom. The summed E-state index contributed by atoms with van der Waals surface area (Å²) < 4.78 is 2.15. The quantitative estimate of drug-likeness (QED) is 0.770. The molecule has 0 atom stereocenters. The zero-order valence-corrected chi connectivity index (χ0v) is 14.3. The molecule has 126 valence electrons. The van der Waals surface area contributed by atoms with Crippen molar-refractivity contribution in [2.24, 2.45) is 4.99 Å². The summed E-state index contributed by atoms with van der Waals surface area (Å²) in [7, 11) is 0. The number of benzene rings is 2. The Labute approximate surface area is 150 Å². The van der Waals surface area contributed by atoms with Gasteiger partial charge in [0.25, 0.3) is 0 Å². The third-order valence-electron chi connectivity index (χ3n) is 4.65. The fourth-order valence-electron chi connectivity index (χ4n) is 3.41. The van der Waals surface area contributed by atoms with Crippen molar-refractivity contribution in [3.05, 3.63) is 59.1 Å². The Morgan fingerprint density at radius 1 is 1.08 bits per heavy atom. The van der Waals surface area contributed by atoms with Crippen molar-refractivity contribution in [2.45, 2.75) is 13.2 Å². The smallest absolute Gasteiger partial charge is 0.216 e. The van der Waals surface area contributed by atoms with Crippen molar-refractivity contribution in [3.63, 3.8) is 0 Å². The van der Waals surface area contributed by atoms with Gasteiger partial charge in [-0.05, 0) is 23.8 Å². The van der Waals surface area contributed by atoms with Gasteiger partial charge in [0.05, 0.1) is 24.4 Å². The average Bonchev–Trinajstić information content (AvgIpc) is 3.03. The van der Waals surface area contributed by atoms with E-state index in [1.165, 1.54) is 0 Å². The number of nitrogens with zero attached hydrogens (tertiary/aromatic N) is 5. The minimum absolute atomic E-state index is 0.596. The molecule has 0 bridgehead atoms. The van der Waals surface area contributed by atoms with E-state index in [0.29, 0.717) is 6.67 Å². The summed E-state index contributed by atoms with van der Waals surface area (Å²) in [6, 6.07) is 16.2. The van der Waals surface area contributed by atoms with E-state index in [0.717, 1.165) is 53.4 Å². The summed E-state index contributed by atoms with van der Waals surface area (Å²) in [5.74, 6) is 1.82. The molecule has 1 fully saturated rings. The second kappa shape index (κ2) is 5.75. The molecule has 3 aromatic rings. The van der Waals surface area contributed by atoms with Gasteiger partial charge in [0, 0.05) is 11.6 Å². The highest BCUT2D eigenvalue weighted by Crippen LogP contribution is 2.27. The van der Waals surface area contributed by atoms with Gasteiger partial charge >= 0.3 is 0 Å². The molecule has 3 heterocycles. The second-order valence-electron chi connectivity index (χ2n) is 6.28. The number of fused-ring (bicyclic) bond motifs is 5. The highest BCUT2D eigenvalue weighted by atomic mass is 35.5. The predicted octanol–water partition coefficient (Wildman–Crippen LogP) is 2.84. The molecule has 0 saturated carbocycles. The Morgan fingerprint density at radius 2 is 1.92 bits per heavy atom. The van der Waals surface area contributed by atoms with Gasteiger partial charge < -0.3 is 5.32 Å². The number of rotatable bonds is 2. The number of aromatic nitrogens is 2. The van der Waals surface area contributed by atoms with Crippen LogP contribution in [0, 0.1) is 0 Å². The normalized spacial score (nSPS) is 17.0. The third kappa shape index (κ3) is 2.45. The Hall–Kier alpha value is -2.57. The van der Waals surface area contributed by atoms with Crippen molar-refractivity contribution in [1.29, 1.82) is 0 Å². The number of hydrogen-bond donors (Lipinski definition) is 1. The van der Waals surface area contributed by atoms with Crippen LogP contribution in [-0.2, 0) is 13.2 Å². The van der Waals surface area contributed by atoms with Crippen LogP contribution in [0.5, 0.6) is 0 Å². The molecule has 0 amide bonds. The molecular weight excluding hydrogens is 336 g/mol. The molecule has 1 aromatic heterocycles. The highest BCUT2D eigenvalue weighted by molar-refractivity contribution is 6.31. The molecule has 7 heteroatoms. The van der Waals surface area contributed by atoms with Crippen molar-refractivity contribution >= 4 is 34.5 Å². The van der Waals surface area contributed by atoms with Crippen LogP contribution >= 0.6 is 11.6 Å². The van der Waals surface area contributed by atoms with Gasteiger partial charge in [-0.3, -0.25) is 14.4 Å². The van der Waals surface area contributed by atoms with Gasteiger partial charge in [0.15, 0.2) is 0 Å². The van der Waals surface area contributed by atoms with Crippen LogP contribution in [0.3, 0.4) is 0 Å². The highest BCUT2D eigenvalue weighted by Gasteiger charge is 2.30. The molecule has 2 aromatic carbocycles. The number of anilines is 1. The van der Waals surface area contributed by atoms with Crippen LogP contribution in [0.2, 0.25) is 5.02 Å². The third-order valence-corrected chi connectivity index (χ3v) is 5.02. The van der Waals surface area contributed by atoms with Crippen LogP contribution in [-0.4, -0.2) is 33.7 Å². The maximum atomic E-state index is 6.31. The molecule has 1 N–H and O–H groups in total. The van der Waals surface area contributed by atoms with Crippen molar-refractivity contribution < 1.29 is 0 Å². The Bertz CT molecular complexity index is 979. The molecule has 5 rings (SSSR count). The van der Waals surface area contributed by atoms with Gasteiger partial charge in [-0.1, -0.05) is 41.9 Å². The van der Waals surface area contributed by atoms with Crippen molar-refractivity contribution in [1.82, 2.24) is 19.8 Å². The first-order chi connectivity index (χ1) is 12.3. The number of imidazole rings is 1. The van der Waals surface area contributed by atoms with E-state index in [-0.39, 0.29) is 0 Å². The first-order valence-corrected chi connectivity index (χ1v) is 8.64. The largest absolute Gasteiger partial charge is 0.343 e. The summed E-state index contributed by atoms with van der Waals surface area (Å²) in [5.41, 5.74) is 3.23. The van der Waals surface area contributed by atoms with Gasteiger partial charge in [0.2, 0.25) is 11.9 Å². The predicted molar refractivity (Wildman–Crippen MR) is 99.5 cm³/mol. The Balaban J connectivity index is 1.46. The number of para-hydroxylation sites is 2. The summed E-state index contributed by atoms with van der Waals surface area (Å²) in [6.45, 7) is 2.83. The molecule has 0 aliphatic carbocycles. The molecule has 0 unspecified atom stereocenters. The second-order valence-corrected chi connectivity index (χ2v) is 6.68. The first-order valence-electron chi connectivity index (χ1n) is 8.26. The zero-order valence-electron chi connectivity index (χ0n) is 13.6. The number of hydrogen-bond acceptors (Lipinski definition) is 5. The summed E-state index contributed by atoms with van der Waals surface area (Å²) in [6.07, 6.45) is 0. The summed E-state index contributed by atoms with van der Waals surface area (Å²) in [4.78, 5) is 13.9. The lowest BCUT2D eigenvalue weighted by atomic mass is 10.2. The monoisotopic (exact) mass is 352 g/mol. The molecule has 0 spiro atoms. The molecule has 0 radical (unpaired) electrons. The number of aliphatic imine (C=N–C) groups is 1. The summed E-state index contributed by atoms with van der Waals surface area (Å²) in [5, 5.41) is 4.20. The van der Waals surface area contributed by atoms with Gasteiger partial charge in [-0.2, -0.15) is 0 Å². The van der Waals surface area contributed by atoms with Gasteiger partial charge in [-0.25, -0.2) is 9.98 Å². The maximum Gasteiger partial charge on any atom is 0.216 e. The van der Waals surface area contributed by atoms with Crippen LogP contribution in [0.4, 0.5) is 5.95 Å². The lowest BCUT2D eigenvalue weighted by molar-refractivity contribution is 0.247. The van der Waals surface area contributed by atoms with E-state index in [1.54, 1.807) is 0 Å². The minimum atomic E-state index is 0.596. The van der Waals surface area contributed by atoms with Crippen molar-refractivity contribution in [3.8, 4) is 0 Å². The number of guanidine groups is 1. The van der Waals surface area contributed by atoms with Crippen LogP contribution in [0.25, 0.3) is 11.0 Å². The maximum absolute atomic E-state index is 6.31. The van der Waals surface area contributed by atoms with E-state index in [2.05, 4.69) is 36.8 Å². The topological polar surface area (TPSA) is 48.7 Å². The van der Waals surface area contributed by atoms with E-state index >= 15 is 0 Å². The lowest BCUT2D eigenvalue weighted by Crippen LogP contribution is -2.58. The van der Waals surface area contributed by atoms with Gasteiger partial charge in [-0.15, -0.1) is 0 Å². The van der Waals surface area contributed by atoms with Crippen LogP contribution in [0.1, 0.15) is 5.56 Å². The summed E-state index contributed by atoms with van der Waals surface area (Å²) >= 11 is 6.31. The van der Waals surface area contributed by atoms with Crippen molar-refractivity contribution in [2.75, 3.05) is 18.2 Å². The van der Waals surface area contributed by atoms with E-state index in [4.69, 9.17) is 16.6 Å². The SMILES string of the molecule is Clc1ccccc1CN1CNC2=NCn3c(nc4ccccc43)N2C1.